The number of pyridine rings is 1. The molecule has 0 bridgehead atoms. The highest BCUT2D eigenvalue weighted by Crippen LogP contribution is 2.25. The third-order valence-corrected chi connectivity index (χ3v) is 4.71. The summed E-state index contributed by atoms with van der Waals surface area (Å²) in [5.41, 5.74) is 2.14. The Bertz CT molecular complexity index is 864. The predicted molar refractivity (Wildman–Crippen MR) is 98.6 cm³/mol. The van der Waals surface area contributed by atoms with Gasteiger partial charge in [0.1, 0.15) is 18.0 Å². The van der Waals surface area contributed by atoms with E-state index >= 15 is 0 Å². The van der Waals surface area contributed by atoms with E-state index < -0.39 is 0 Å². The fourth-order valence-corrected chi connectivity index (χ4v) is 3.42. The summed E-state index contributed by atoms with van der Waals surface area (Å²) in [6.45, 7) is 1.73. The lowest BCUT2D eigenvalue weighted by Crippen LogP contribution is -2.32. The summed E-state index contributed by atoms with van der Waals surface area (Å²) >= 11 is 0. The summed E-state index contributed by atoms with van der Waals surface area (Å²) in [6, 6.07) is 12.3. The fourth-order valence-electron chi connectivity index (χ4n) is 3.42. The zero-order valence-electron chi connectivity index (χ0n) is 14.0. The molecule has 6 nitrogen and oxygen atoms in total. The van der Waals surface area contributed by atoms with Crippen LogP contribution in [0.25, 0.3) is 10.9 Å². The molecule has 2 N–H and O–H groups in total. The van der Waals surface area contributed by atoms with E-state index in [9.17, 15) is 5.11 Å². The first-order valence-electron chi connectivity index (χ1n) is 8.61. The van der Waals surface area contributed by atoms with Crippen molar-refractivity contribution in [3.05, 3.63) is 54.5 Å². The van der Waals surface area contributed by atoms with Crippen LogP contribution in [0.2, 0.25) is 0 Å². The van der Waals surface area contributed by atoms with E-state index in [1.807, 2.05) is 24.4 Å². The summed E-state index contributed by atoms with van der Waals surface area (Å²) < 4.78 is 0. The molecule has 3 aromatic rings. The number of nitrogens with zero attached hydrogens (tertiary/aromatic N) is 4. The zero-order valence-corrected chi connectivity index (χ0v) is 14.0. The number of anilines is 2. The van der Waals surface area contributed by atoms with Gasteiger partial charge in [-0.2, -0.15) is 0 Å². The molecule has 3 heterocycles. The molecule has 0 radical (unpaired) electrons. The van der Waals surface area contributed by atoms with E-state index in [-0.39, 0.29) is 12.6 Å². The van der Waals surface area contributed by atoms with Crippen LogP contribution in [-0.4, -0.2) is 39.3 Å². The van der Waals surface area contributed by atoms with Gasteiger partial charge in [-0.05, 0) is 24.5 Å². The van der Waals surface area contributed by atoms with Gasteiger partial charge in [-0.1, -0.05) is 24.3 Å². The molecule has 0 amide bonds. The maximum absolute atomic E-state index is 9.51. The van der Waals surface area contributed by atoms with Gasteiger partial charge in [-0.25, -0.2) is 9.97 Å². The monoisotopic (exact) mass is 335 g/mol. The molecule has 2 aromatic heterocycles. The van der Waals surface area contributed by atoms with Crippen LogP contribution >= 0.6 is 0 Å². The van der Waals surface area contributed by atoms with Crippen LogP contribution in [0.3, 0.4) is 0 Å². The number of hydrogen-bond donors (Lipinski definition) is 2. The number of aliphatic hydroxyl groups is 1. The van der Waals surface area contributed by atoms with Crippen molar-refractivity contribution in [3.63, 3.8) is 0 Å². The minimum atomic E-state index is 0.157. The second-order valence-electron chi connectivity index (χ2n) is 6.28. The molecule has 0 aliphatic carbocycles. The fraction of sp³-hybridized carbons (Fsp3) is 0.316. The predicted octanol–water partition coefficient (Wildman–Crippen LogP) is 2.60. The van der Waals surface area contributed by atoms with Gasteiger partial charge in [0.2, 0.25) is 0 Å². The van der Waals surface area contributed by atoms with Crippen molar-refractivity contribution < 1.29 is 5.11 Å². The molecule has 1 aromatic carbocycles. The molecule has 0 saturated carbocycles. The largest absolute Gasteiger partial charge is 0.394 e. The van der Waals surface area contributed by atoms with Crippen LogP contribution in [0.4, 0.5) is 11.6 Å². The first kappa shape index (κ1) is 15.8. The lowest BCUT2D eigenvalue weighted by atomic mass is 10.1. The van der Waals surface area contributed by atoms with Crippen molar-refractivity contribution >= 4 is 22.5 Å². The Morgan fingerprint density at radius 1 is 1.16 bits per heavy atom. The van der Waals surface area contributed by atoms with Crippen molar-refractivity contribution in [3.8, 4) is 0 Å². The average Bonchev–Trinajstić information content (AvgIpc) is 3.15. The van der Waals surface area contributed by atoms with E-state index in [0.717, 1.165) is 47.5 Å². The number of hydrogen-bond acceptors (Lipinski definition) is 6. The van der Waals surface area contributed by atoms with Gasteiger partial charge in [-0.15, -0.1) is 0 Å². The molecule has 128 valence electrons. The highest BCUT2D eigenvalue weighted by Gasteiger charge is 2.25. The second-order valence-corrected chi connectivity index (χ2v) is 6.28. The van der Waals surface area contributed by atoms with Crippen LogP contribution in [0.15, 0.2) is 48.9 Å². The normalized spacial score (nSPS) is 17.2. The summed E-state index contributed by atoms with van der Waals surface area (Å²) in [5, 5.41) is 14.0. The second kappa shape index (κ2) is 7.03. The number of aromatic nitrogens is 3. The summed E-state index contributed by atoms with van der Waals surface area (Å²) in [6.07, 6.45) is 5.48. The van der Waals surface area contributed by atoms with Crippen LogP contribution in [0.5, 0.6) is 0 Å². The molecule has 1 aliphatic heterocycles. The molecular weight excluding hydrogens is 314 g/mol. The molecule has 0 spiro atoms. The third-order valence-electron chi connectivity index (χ3n) is 4.71. The van der Waals surface area contributed by atoms with Crippen molar-refractivity contribution in [2.75, 3.05) is 23.4 Å². The maximum atomic E-state index is 9.51. The highest BCUT2D eigenvalue weighted by molar-refractivity contribution is 5.81. The van der Waals surface area contributed by atoms with E-state index in [4.69, 9.17) is 0 Å². The van der Waals surface area contributed by atoms with Crippen molar-refractivity contribution in [2.45, 2.75) is 25.4 Å². The quantitative estimate of drug-likeness (QED) is 0.746. The highest BCUT2D eigenvalue weighted by atomic mass is 16.3. The van der Waals surface area contributed by atoms with Gasteiger partial charge >= 0.3 is 0 Å². The number of aliphatic hydroxyl groups excluding tert-OH is 1. The number of fused-ring (bicyclic) bond motifs is 1. The van der Waals surface area contributed by atoms with E-state index in [1.54, 1.807) is 6.33 Å². The zero-order chi connectivity index (χ0) is 17.1. The number of benzene rings is 1. The summed E-state index contributed by atoms with van der Waals surface area (Å²) in [7, 11) is 0. The van der Waals surface area contributed by atoms with E-state index in [2.05, 4.69) is 43.4 Å². The van der Waals surface area contributed by atoms with Gasteiger partial charge in [-0.3, -0.25) is 4.98 Å². The lowest BCUT2D eigenvalue weighted by molar-refractivity contribution is 0.266. The Hall–Kier alpha value is -2.73. The maximum Gasteiger partial charge on any atom is 0.134 e. The van der Waals surface area contributed by atoms with Gasteiger partial charge in [0.05, 0.1) is 18.2 Å². The first-order valence-corrected chi connectivity index (χ1v) is 8.61. The van der Waals surface area contributed by atoms with Crippen LogP contribution in [0, 0.1) is 0 Å². The lowest BCUT2D eigenvalue weighted by Gasteiger charge is -2.24. The Balaban J connectivity index is 1.52. The van der Waals surface area contributed by atoms with Crippen LogP contribution in [0.1, 0.15) is 18.4 Å². The molecule has 1 atom stereocenters. The Morgan fingerprint density at radius 2 is 2.08 bits per heavy atom. The molecule has 1 aliphatic rings. The Morgan fingerprint density at radius 3 is 3.00 bits per heavy atom. The SMILES string of the molecule is OC[C@H]1CCCN1c1cc(NCc2cccc3cccnc23)ncn1. The first-order chi connectivity index (χ1) is 12.3. The number of rotatable bonds is 5. The minimum absolute atomic E-state index is 0.157. The van der Waals surface area contributed by atoms with Crippen molar-refractivity contribution in [1.29, 1.82) is 0 Å². The summed E-state index contributed by atoms with van der Waals surface area (Å²) in [5.74, 6) is 1.65. The molecule has 6 heteroatoms. The smallest absolute Gasteiger partial charge is 0.134 e. The number of nitrogens with one attached hydrogen (secondary N) is 1. The van der Waals surface area contributed by atoms with E-state index in [0.29, 0.717) is 6.54 Å². The van der Waals surface area contributed by atoms with Crippen LogP contribution in [-0.2, 0) is 6.54 Å². The standard InChI is InChI=1S/C19H21N5O/c25-12-16-7-3-9-24(16)18-10-17(22-13-23-18)21-11-15-5-1-4-14-6-2-8-20-19(14)15/h1-2,4-6,8,10,13,16,25H,3,7,9,11-12H2,(H,21,22,23)/t16-/m1/s1. The van der Waals surface area contributed by atoms with Gasteiger partial charge < -0.3 is 15.3 Å². The molecular formula is C19H21N5O. The van der Waals surface area contributed by atoms with Crippen molar-refractivity contribution in [1.82, 2.24) is 15.0 Å². The number of para-hydroxylation sites is 1. The molecule has 1 saturated heterocycles. The van der Waals surface area contributed by atoms with Crippen molar-refractivity contribution in [2.24, 2.45) is 0 Å². The molecule has 25 heavy (non-hydrogen) atoms. The Kier molecular flexibility index (Phi) is 4.43. The van der Waals surface area contributed by atoms with Gasteiger partial charge in [0.25, 0.3) is 0 Å². The molecule has 1 fully saturated rings. The minimum Gasteiger partial charge on any atom is -0.394 e. The molecule has 0 unspecified atom stereocenters. The van der Waals surface area contributed by atoms with Crippen LogP contribution < -0.4 is 10.2 Å². The van der Waals surface area contributed by atoms with E-state index in [1.165, 1.54) is 0 Å². The topological polar surface area (TPSA) is 74.2 Å². The van der Waals surface area contributed by atoms with Gasteiger partial charge in [0.15, 0.2) is 0 Å². The molecule has 4 rings (SSSR count). The third kappa shape index (κ3) is 3.25. The summed E-state index contributed by atoms with van der Waals surface area (Å²) in [4.78, 5) is 15.3. The average molecular weight is 335 g/mol. The Labute approximate surface area is 146 Å². The van der Waals surface area contributed by atoms with Gasteiger partial charge in [0, 0.05) is 30.7 Å².